The zero-order valence-corrected chi connectivity index (χ0v) is 15.8. The van der Waals surface area contributed by atoms with Crippen molar-refractivity contribution in [3.63, 3.8) is 0 Å². The molecule has 4 rings (SSSR count). The summed E-state index contributed by atoms with van der Waals surface area (Å²) in [4.78, 5) is 25.3. The summed E-state index contributed by atoms with van der Waals surface area (Å²) in [5.74, 6) is 0.952. The molecule has 2 aromatic carbocycles. The molecule has 0 aliphatic heterocycles. The molecule has 2 heterocycles. The summed E-state index contributed by atoms with van der Waals surface area (Å²) < 4.78 is 5.29. The third-order valence-corrected chi connectivity index (χ3v) is 4.41. The molecule has 0 aliphatic rings. The maximum absolute atomic E-state index is 12.4. The van der Waals surface area contributed by atoms with Gasteiger partial charge in [0.25, 0.3) is 5.91 Å². The Morgan fingerprint density at radius 1 is 0.966 bits per heavy atom. The maximum Gasteiger partial charge on any atom is 0.271 e. The van der Waals surface area contributed by atoms with Crippen molar-refractivity contribution in [2.45, 2.75) is 6.54 Å². The third-order valence-electron chi connectivity index (χ3n) is 4.41. The SMILES string of the molecule is COc1ccccc1CNC(=O)c1cnc(Nc2cccc3cccnc23)cn1. The lowest BCUT2D eigenvalue weighted by Gasteiger charge is -2.10. The molecule has 4 aromatic rings. The number of benzene rings is 2. The Morgan fingerprint density at radius 3 is 2.66 bits per heavy atom. The van der Waals surface area contributed by atoms with Crippen LogP contribution in [0, 0.1) is 0 Å². The van der Waals surface area contributed by atoms with E-state index >= 15 is 0 Å². The lowest BCUT2D eigenvalue weighted by Crippen LogP contribution is -2.24. The zero-order chi connectivity index (χ0) is 20.1. The first-order chi connectivity index (χ1) is 14.2. The first-order valence-electron chi connectivity index (χ1n) is 9.07. The smallest absolute Gasteiger partial charge is 0.271 e. The van der Waals surface area contributed by atoms with Crippen LogP contribution in [-0.4, -0.2) is 28.0 Å². The van der Waals surface area contributed by atoms with Crippen molar-refractivity contribution < 1.29 is 9.53 Å². The van der Waals surface area contributed by atoms with Crippen LogP contribution < -0.4 is 15.4 Å². The average Bonchev–Trinajstić information content (AvgIpc) is 2.78. The van der Waals surface area contributed by atoms with E-state index in [2.05, 4.69) is 25.6 Å². The summed E-state index contributed by atoms with van der Waals surface area (Å²) in [6, 6.07) is 17.3. The molecule has 7 nitrogen and oxygen atoms in total. The lowest BCUT2D eigenvalue weighted by molar-refractivity contribution is 0.0945. The molecule has 0 saturated heterocycles. The molecule has 0 atom stereocenters. The zero-order valence-electron chi connectivity index (χ0n) is 15.8. The molecule has 2 aromatic heterocycles. The minimum Gasteiger partial charge on any atom is -0.496 e. The van der Waals surface area contributed by atoms with Crippen molar-refractivity contribution in [3.8, 4) is 5.75 Å². The molecular weight excluding hydrogens is 366 g/mol. The van der Waals surface area contributed by atoms with Gasteiger partial charge in [0.15, 0.2) is 0 Å². The Hall–Kier alpha value is -4.00. The molecule has 144 valence electrons. The van der Waals surface area contributed by atoms with Crippen LogP contribution in [0.15, 0.2) is 73.2 Å². The van der Waals surface area contributed by atoms with Crippen molar-refractivity contribution in [2.24, 2.45) is 0 Å². The van der Waals surface area contributed by atoms with Crippen molar-refractivity contribution in [2.75, 3.05) is 12.4 Å². The molecule has 0 aliphatic carbocycles. The molecular formula is C22H19N5O2. The summed E-state index contributed by atoms with van der Waals surface area (Å²) in [6.07, 6.45) is 4.71. The van der Waals surface area contributed by atoms with Gasteiger partial charge in [0.05, 0.1) is 30.7 Å². The maximum atomic E-state index is 12.4. The number of fused-ring (bicyclic) bond motifs is 1. The van der Waals surface area contributed by atoms with E-state index in [1.807, 2.05) is 54.6 Å². The largest absolute Gasteiger partial charge is 0.496 e. The Bertz CT molecular complexity index is 1140. The Balaban J connectivity index is 1.44. The number of aromatic nitrogens is 3. The minimum absolute atomic E-state index is 0.237. The van der Waals surface area contributed by atoms with Crippen LogP contribution in [0.4, 0.5) is 11.5 Å². The van der Waals surface area contributed by atoms with Gasteiger partial charge in [-0.05, 0) is 18.2 Å². The summed E-state index contributed by atoms with van der Waals surface area (Å²) in [7, 11) is 1.60. The van der Waals surface area contributed by atoms with E-state index < -0.39 is 0 Å². The quantitative estimate of drug-likeness (QED) is 0.526. The summed E-state index contributed by atoms with van der Waals surface area (Å²) in [6.45, 7) is 0.339. The molecule has 0 fully saturated rings. The molecule has 29 heavy (non-hydrogen) atoms. The van der Waals surface area contributed by atoms with Crippen LogP contribution in [0.2, 0.25) is 0 Å². The fraction of sp³-hybridized carbons (Fsp3) is 0.0909. The van der Waals surface area contributed by atoms with E-state index in [-0.39, 0.29) is 11.6 Å². The Kier molecular flexibility index (Phi) is 5.29. The van der Waals surface area contributed by atoms with E-state index in [0.717, 1.165) is 27.9 Å². The summed E-state index contributed by atoms with van der Waals surface area (Å²) in [5, 5.41) is 7.06. The van der Waals surface area contributed by atoms with Crippen molar-refractivity contribution in [1.82, 2.24) is 20.3 Å². The molecule has 2 N–H and O–H groups in total. The van der Waals surface area contributed by atoms with Crippen molar-refractivity contribution >= 4 is 28.3 Å². The highest BCUT2D eigenvalue weighted by molar-refractivity contribution is 5.93. The molecule has 0 saturated carbocycles. The number of para-hydroxylation sites is 2. The number of carbonyl (C=O) groups is 1. The average molecular weight is 385 g/mol. The van der Waals surface area contributed by atoms with Crippen LogP contribution in [0.5, 0.6) is 5.75 Å². The number of methoxy groups -OCH3 is 1. The Morgan fingerprint density at radius 2 is 1.83 bits per heavy atom. The standard InChI is InChI=1S/C22H19N5O2/c1-29-19-10-3-2-6-16(19)12-26-22(28)18-13-25-20(14-24-18)27-17-9-4-7-15-8-5-11-23-21(15)17/h2-11,13-14H,12H2,1H3,(H,25,27)(H,26,28). The predicted octanol–water partition coefficient (Wildman–Crippen LogP) is 3.71. The van der Waals surface area contributed by atoms with Crippen molar-refractivity contribution in [1.29, 1.82) is 0 Å². The predicted molar refractivity (Wildman–Crippen MR) is 111 cm³/mol. The van der Waals surface area contributed by atoms with Gasteiger partial charge in [0, 0.05) is 23.7 Å². The number of carbonyl (C=O) groups excluding carboxylic acids is 1. The van der Waals surface area contributed by atoms with Crippen molar-refractivity contribution in [3.05, 3.63) is 84.4 Å². The van der Waals surface area contributed by atoms with Gasteiger partial charge in [-0.2, -0.15) is 0 Å². The molecule has 1 amide bonds. The van der Waals surface area contributed by atoms with E-state index in [1.54, 1.807) is 13.3 Å². The van der Waals surface area contributed by atoms with Crippen LogP contribution in [0.3, 0.4) is 0 Å². The fourth-order valence-electron chi connectivity index (χ4n) is 2.97. The van der Waals surface area contributed by atoms with Gasteiger partial charge in [-0.3, -0.25) is 9.78 Å². The van der Waals surface area contributed by atoms with Gasteiger partial charge >= 0.3 is 0 Å². The number of ether oxygens (including phenoxy) is 1. The van der Waals surface area contributed by atoms with Gasteiger partial charge in [0.1, 0.15) is 17.3 Å². The third kappa shape index (κ3) is 4.14. The van der Waals surface area contributed by atoms with Gasteiger partial charge in [-0.15, -0.1) is 0 Å². The number of hydrogen-bond donors (Lipinski definition) is 2. The van der Waals surface area contributed by atoms with Gasteiger partial charge < -0.3 is 15.4 Å². The molecule has 0 spiro atoms. The topological polar surface area (TPSA) is 89.0 Å². The molecule has 7 heteroatoms. The van der Waals surface area contributed by atoms with Gasteiger partial charge in [-0.1, -0.05) is 36.4 Å². The number of amides is 1. The lowest BCUT2D eigenvalue weighted by atomic mass is 10.2. The normalized spacial score (nSPS) is 10.5. The second kappa shape index (κ2) is 8.35. The molecule has 0 unspecified atom stereocenters. The highest BCUT2D eigenvalue weighted by Crippen LogP contribution is 2.23. The number of anilines is 2. The highest BCUT2D eigenvalue weighted by Gasteiger charge is 2.10. The number of hydrogen-bond acceptors (Lipinski definition) is 6. The fourth-order valence-corrected chi connectivity index (χ4v) is 2.97. The number of pyridine rings is 1. The van der Waals surface area contributed by atoms with Crippen LogP contribution >= 0.6 is 0 Å². The molecule has 0 radical (unpaired) electrons. The first-order valence-corrected chi connectivity index (χ1v) is 9.07. The van der Waals surface area contributed by atoms with E-state index in [1.165, 1.54) is 12.4 Å². The summed E-state index contributed by atoms with van der Waals surface area (Å²) >= 11 is 0. The monoisotopic (exact) mass is 385 g/mol. The van der Waals surface area contributed by atoms with E-state index in [4.69, 9.17) is 4.74 Å². The second-order valence-electron chi connectivity index (χ2n) is 6.29. The van der Waals surface area contributed by atoms with Gasteiger partial charge in [-0.25, -0.2) is 9.97 Å². The second-order valence-corrected chi connectivity index (χ2v) is 6.29. The van der Waals surface area contributed by atoms with Crippen LogP contribution in [0.1, 0.15) is 16.1 Å². The molecule has 0 bridgehead atoms. The number of nitrogens with one attached hydrogen (secondary N) is 2. The van der Waals surface area contributed by atoms with E-state index in [9.17, 15) is 4.79 Å². The Labute approximate surface area is 167 Å². The van der Waals surface area contributed by atoms with Crippen LogP contribution in [-0.2, 0) is 6.54 Å². The van der Waals surface area contributed by atoms with E-state index in [0.29, 0.717) is 12.4 Å². The number of rotatable bonds is 6. The van der Waals surface area contributed by atoms with Crippen LogP contribution in [0.25, 0.3) is 10.9 Å². The first kappa shape index (κ1) is 18.4. The minimum atomic E-state index is -0.304. The highest BCUT2D eigenvalue weighted by atomic mass is 16.5. The number of nitrogens with zero attached hydrogens (tertiary/aromatic N) is 3. The summed E-state index contributed by atoms with van der Waals surface area (Å²) in [5.41, 5.74) is 2.79. The van der Waals surface area contributed by atoms with Gasteiger partial charge in [0.2, 0.25) is 0 Å².